The van der Waals surface area contributed by atoms with Crippen LogP contribution in [0, 0.1) is 5.92 Å². The Bertz CT molecular complexity index is 334. The number of carbonyl (C=O) groups is 1. The van der Waals surface area contributed by atoms with Crippen LogP contribution < -0.4 is 10.6 Å². The molecule has 1 atom stereocenters. The van der Waals surface area contributed by atoms with E-state index in [4.69, 9.17) is 5.11 Å². The predicted molar refractivity (Wildman–Crippen MR) is 77.5 cm³/mol. The third-order valence-corrected chi connectivity index (χ3v) is 4.88. The normalized spacial score (nSPS) is 26.2. The molecule has 1 saturated heterocycles. The van der Waals surface area contributed by atoms with E-state index in [0.29, 0.717) is 18.4 Å². The maximum absolute atomic E-state index is 12.0. The number of hydrogen-bond donors (Lipinski definition) is 3. The van der Waals surface area contributed by atoms with E-state index in [2.05, 4.69) is 15.5 Å². The number of urea groups is 1. The molecule has 114 valence electrons. The van der Waals surface area contributed by atoms with Gasteiger partial charge in [-0.05, 0) is 50.9 Å². The number of piperidine rings is 1. The highest BCUT2D eigenvalue weighted by molar-refractivity contribution is 5.74. The van der Waals surface area contributed by atoms with E-state index in [-0.39, 0.29) is 18.7 Å². The van der Waals surface area contributed by atoms with Gasteiger partial charge >= 0.3 is 6.03 Å². The van der Waals surface area contributed by atoms with Crippen LogP contribution in [0.4, 0.5) is 4.79 Å². The number of rotatable bonds is 6. The Morgan fingerprint density at radius 1 is 1.15 bits per heavy atom. The molecule has 3 aliphatic rings. The molecule has 0 unspecified atom stereocenters. The van der Waals surface area contributed by atoms with E-state index >= 15 is 0 Å². The first-order valence-corrected chi connectivity index (χ1v) is 8.18. The minimum atomic E-state index is -0.0415. The maximum atomic E-state index is 12.0. The molecule has 0 aromatic heterocycles. The van der Waals surface area contributed by atoms with Gasteiger partial charge in [0.25, 0.3) is 0 Å². The number of nitrogens with one attached hydrogen (secondary N) is 2. The van der Waals surface area contributed by atoms with Crippen molar-refractivity contribution in [2.75, 3.05) is 19.7 Å². The summed E-state index contributed by atoms with van der Waals surface area (Å²) in [7, 11) is 0. The zero-order valence-electron chi connectivity index (χ0n) is 12.2. The van der Waals surface area contributed by atoms with Crippen molar-refractivity contribution in [1.29, 1.82) is 0 Å². The summed E-state index contributed by atoms with van der Waals surface area (Å²) in [4.78, 5) is 14.6. The van der Waals surface area contributed by atoms with Gasteiger partial charge in [0.15, 0.2) is 0 Å². The minimum absolute atomic E-state index is 0.0415. The summed E-state index contributed by atoms with van der Waals surface area (Å²) in [6, 6.07) is 1.28. The smallest absolute Gasteiger partial charge is 0.315 e. The van der Waals surface area contributed by atoms with Gasteiger partial charge in [0, 0.05) is 37.8 Å². The molecule has 3 fully saturated rings. The first-order valence-electron chi connectivity index (χ1n) is 8.18. The van der Waals surface area contributed by atoms with E-state index in [1.54, 1.807) is 0 Å². The first-order chi connectivity index (χ1) is 9.76. The lowest BCUT2D eigenvalue weighted by atomic mass is 10.1. The number of hydrogen-bond acceptors (Lipinski definition) is 3. The molecule has 1 aliphatic heterocycles. The summed E-state index contributed by atoms with van der Waals surface area (Å²) in [5.41, 5.74) is 0. The summed E-state index contributed by atoms with van der Waals surface area (Å²) in [6.45, 7) is 2.40. The molecule has 2 aliphatic carbocycles. The molecule has 0 radical (unpaired) electrons. The zero-order chi connectivity index (χ0) is 13.9. The van der Waals surface area contributed by atoms with Crippen molar-refractivity contribution in [1.82, 2.24) is 15.5 Å². The van der Waals surface area contributed by atoms with Crippen LogP contribution in [0.25, 0.3) is 0 Å². The zero-order valence-corrected chi connectivity index (χ0v) is 12.2. The third kappa shape index (κ3) is 3.85. The lowest BCUT2D eigenvalue weighted by molar-refractivity contribution is 0.183. The molecule has 0 bridgehead atoms. The van der Waals surface area contributed by atoms with Gasteiger partial charge in [-0.15, -0.1) is 0 Å². The minimum Gasteiger partial charge on any atom is -0.396 e. The van der Waals surface area contributed by atoms with E-state index in [0.717, 1.165) is 32.0 Å². The standard InChI is InChI=1S/C15H27N3O2/c19-10-7-14(11-1-2-11)17-15(20)16-12-5-8-18(9-6-12)13-3-4-13/h11-14,19H,1-10H2,(H2,16,17,20)/t14-/m0/s1. The van der Waals surface area contributed by atoms with Crippen molar-refractivity contribution < 1.29 is 9.90 Å². The second-order valence-electron chi connectivity index (χ2n) is 6.62. The second kappa shape index (κ2) is 6.31. The highest BCUT2D eigenvalue weighted by Crippen LogP contribution is 2.34. The average molecular weight is 281 g/mol. The third-order valence-electron chi connectivity index (χ3n) is 4.88. The van der Waals surface area contributed by atoms with Crippen LogP contribution in [-0.2, 0) is 0 Å². The van der Waals surface area contributed by atoms with E-state index in [1.165, 1.54) is 25.7 Å². The van der Waals surface area contributed by atoms with Gasteiger partial charge in [-0.3, -0.25) is 0 Å². The Morgan fingerprint density at radius 2 is 1.85 bits per heavy atom. The van der Waals surface area contributed by atoms with Gasteiger partial charge in [0.05, 0.1) is 0 Å². The van der Waals surface area contributed by atoms with Gasteiger partial charge < -0.3 is 20.6 Å². The van der Waals surface area contributed by atoms with Crippen LogP contribution in [0.5, 0.6) is 0 Å². The van der Waals surface area contributed by atoms with Gasteiger partial charge in [-0.2, -0.15) is 0 Å². The van der Waals surface area contributed by atoms with E-state index in [9.17, 15) is 4.79 Å². The fourth-order valence-corrected chi connectivity index (χ4v) is 3.31. The molecule has 0 aromatic carbocycles. The molecule has 5 heteroatoms. The number of likely N-dealkylation sites (tertiary alicyclic amines) is 1. The lowest BCUT2D eigenvalue weighted by Crippen LogP contribution is -2.50. The fraction of sp³-hybridized carbons (Fsp3) is 0.933. The molecular formula is C15H27N3O2. The van der Waals surface area contributed by atoms with Crippen LogP contribution in [0.15, 0.2) is 0 Å². The molecular weight excluding hydrogens is 254 g/mol. The highest BCUT2D eigenvalue weighted by atomic mass is 16.3. The quantitative estimate of drug-likeness (QED) is 0.682. The van der Waals surface area contributed by atoms with Gasteiger partial charge in [-0.25, -0.2) is 4.79 Å². The van der Waals surface area contributed by atoms with E-state index < -0.39 is 0 Å². The second-order valence-corrected chi connectivity index (χ2v) is 6.62. The average Bonchev–Trinajstić information content (AvgIpc) is 3.29. The first kappa shape index (κ1) is 14.1. The molecule has 3 rings (SSSR count). The van der Waals surface area contributed by atoms with Gasteiger partial charge in [0.1, 0.15) is 0 Å². The molecule has 20 heavy (non-hydrogen) atoms. The molecule has 0 spiro atoms. The molecule has 3 N–H and O–H groups in total. The predicted octanol–water partition coefficient (Wildman–Crippen LogP) is 1.07. The summed E-state index contributed by atoms with van der Waals surface area (Å²) in [5.74, 6) is 0.588. The Balaban J connectivity index is 1.37. The summed E-state index contributed by atoms with van der Waals surface area (Å²) >= 11 is 0. The highest BCUT2D eigenvalue weighted by Gasteiger charge is 2.34. The Kier molecular flexibility index (Phi) is 4.46. The van der Waals surface area contributed by atoms with Crippen LogP contribution in [0.2, 0.25) is 0 Å². The van der Waals surface area contributed by atoms with Crippen LogP contribution in [-0.4, -0.2) is 53.9 Å². The number of aliphatic hydroxyl groups is 1. The van der Waals surface area contributed by atoms with Crippen molar-refractivity contribution >= 4 is 6.03 Å². The Morgan fingerprint density at radius 3 is 2.40 bits per heavy atom. The van der Waals surface area contributed by atoms with Crippen molar-refractivity contribution in [2.45, 2.75) is 63.1 Å². The number of nitrogens with zero attached hydrogens (tertiary/aromatic N) is 1. The van der Waals surface area contributed by atoms with E-state index in [1.807, 2.05) is 0 Å². The van der Waals surface area contributed by atoms with Crippen molar-refractivity contribution in [3.63, 3.8) is 0 Å². The molecule has 5 nitrogen and oxygen atoms in total. The number of carbonyl (C=O) groups excluding carboxylic acids is 1. The summed E-state index contributed by atoms with van der Waals surface area (Å²) in [5, 5.41) is 15.2. The van der Waals surface area contributed by atoms with Crippen LogP contribution in [0.1, 0.15) is 44.9 Å². The summed E-state index contributed by atoms with van der Waals surface area (Å²) in [6.07, 6.45) is 7.91. The van der Waals surface area contributed by atoms with Gasteiger partial charge in [-0.1, -0.05) is 0 Å². The molecule has 0 aromatic rings. The fourth-order valence-electron chi connectivity index (χ4n) is 3.31. The number of aliphatic hydroxyl groups excluding tert-OH is 1. The molecule has 1 heterocycles. The Hall–Kier alpha value is -0.810. The van der Waals surface area contributed by atoms with Crippen molar-refractivity contribution in [3.8, 4) is 0 Å². The van der Waals surface area contributed by atoms with Crippen LogP contribution >= 0.6 is 0 Å². The maximum Gasteiger partial charge on any atom is 0.315 e. The number of amides is 2. The molecule has 2 saturated carbocycles. The van der Waals surface area contributed by atoms with Crippen LogP contribution in [0.3, 0.4) is 0 Å². The van der Waals surface area contributed by atoms with Crippen molar-refractivity contribution in [3.05, 3.63) is 0 Å². The van der Waals surface area contributed by atoms with Crippen molar-refractivity contribution in [2.24, 2.45) is 5.92 Å². The topological polar surface area (TPSA) is 64.6 Å². The van der Waals surface area contributed by atoms with Gasteiger partial charge in [0.2, 0.25) is 0 Å². The largest absolute Gasteiger partial charge is 0.396 e. The molecule has 2 amide bonds. The SMILES string of the molecule is O=C(NC1CCN(C2CC2)CC1)N[C@@H](CCO)C1CC1. The lowest BCUT2D eigenvalue weighted by Gasteiger charge is -2.32. The monoisotopic (exact) mass is 281 g/mol. The Labute approximate surface area is 121 Å². The summed E-state index contributed by atoms with van der Waals surface area (Å²) < 4.78 is 0.